The number of carbonyl (C=O) groups is 3. The number of nitrogens with one attached hydrogen (secondary N) is 2. The summed E-state index contributed by atoms with van der Waals surface area (Å²) >= 11 is 0. The molecule has 2 amide bonds. The summed E-state index contributed by atoms with van der Waals surface area (Å²) in [6.07, 6.45) is 0.367. The zero-order valence-electron chi connectivity index (χ0n) is 15.4. The zero-order chi connectivity index (χ0) is 19.9. The number of hydrogen-bond donors (Lipinski definition) is 2. The van der Waals surface area contributed by atoms with E-state index in [1.54, 1.807) is 79.7 Å². The SMILES string of the molecule is CCC(=O)Nc1cccc(NC(=O)c2ccccc2C(=O)c2ccccc2)c1. The molecular weight excluding hydrogens is 352 g/mol. The van der Waals surface area contributed by atoms with Gasteiger partial charge in [-0.05, 0) is 24.3 Å². The number of anilines is 2. The Hall–Kier alpha value is -3.73. The van der Waals surface area contributed by atoms with Gasteiger partial charge >= 0.3 is 0 Å². The van der Waals surface area contributed by atoms with Gasteiger partial charge in [0.05, 0.1) is 5.56 Å². The number of amides is 2. The van der Waals surface area contributed by atoms with Crippen molar-refractivity contribution in [3.05, 3.63) is 95.6 Å². The van der Waals surface area contributed by atoms with Gasteiger partial charge in [-0.3, -0.25) is 14.4 Å². The molecule has 0 heterocycles. The van der Waals surface area contributed by atoms with E-state index in [1.165, 1.54) is 0 Å². The van der Waals surface area contributed by atoms with Gasteiger partial charge in [-0.2, -0.15) is 0 Å². The van der Waals surface area contributed by atoms with Gasteiger partial charge in [0.1, 0.15) is 0 Å². The monoisotopic (exact) mass is 372 g/mol. The zero-order valence-corrected chi connectivity index (χ0v) is 15.4. The van der Waals surface area contributed by atoms with Gasteiger partial charge in [0.15, 0.2) is 5.78 Å². The molecule has 0 aromatic heterocycles. The highest BCUT2D eigenvalue weighted by molar-refractivity contribution is 6.17. The van der Waals surface area contributed by atoms with Crippen LogP contribution in [0.15, 0.2) is 78.9 Å². The summed E-state index contributed by atoms with van der Waals surface area (Å²) in [6, 6.07) is 22.4. The van der Waals surface area contributed by atoms with Crippen molar-refractivity contribution in [2.75, 3.05) is 10.6 Å². The Balaban J connectivity index is 1.83. The van der Waals surface area contributed by atoms with Crippen LogP contribution in [0, 0.1) is 0 Å². The molecule has 0 fully saturated rings. The molecule has 0 spiro atoms. The summed E-state index contributed by atoms with van der Waals surface area (Å²) in [6.45, 7) is 1.77. The van der Waals surface area contributed by atoms with Crippen LogP contribution in [0.1, 0.15) is 39.6 Å². The number of ketones is 1. The van der Waals surface area contributed by atoms with Crippen LogP contribution in [0.4, 0.5) is 11.4 Å². The lowest BCUT2D eigenvalue weighted by Gasteiger charge is -2.11. The molecule has 0 aliphatic carbocycles. The van der Waals surface area contributed by atoms with Crippen molar-refractivity contribution in [3.63, 3.8) is 0 Å². The Labute approximate surface area is 163 Å². The van der Waals surface area contributed by atoms with Crippen LogP contribution in [-0.2, 0) is 4.79 Å². The second-order valence-corrected chi connectivity index (χ2v) is 6.18. The number of carbonyl (C=O) groups excluding carboxylic acids is 3. The van der Waals surface area contributed by atoms with Gasteiger partial charge in [-0.1, -0.05) is 61.5 Å². The number of benzene rings is 3. The average Bonchev–Trinajstić information content (AvgIpc) is 2.74. The summed E-state index contributed by atoms with van der Waals surface area (Å²) in [5, 5.41) is 5.55. The van der Waals surface area contributed by atoms with E-state index in [9.17, 15) is 14.4 Å². The van der Waals surface area contributed by atoms with Crippen LogP contribution in [0.5, 0.6) is 0 Å². The number of hydrogen-bond acceptors (Lipinski definition) is 3. The molecule has 0 bridgehead atoms. The average molecular weight is 372 g/mol. The van der Waals surface area contributed by atoms with Gasteiger partial charge in [0, 0.05) is 28.9 Å². The molecule has 5 heteroatoms. The van der Waals surface area contributed by atoms with Crippen molar-refractivity contribution >= 4 is 29.0 Å². The highest BCUT2D eigenvalue weighted by Gasteiger charge is 2.18. The van der Waals surface area contributed by atoms with Crippen LogP contribution in [0.2, 0.25) is 0 Å². The van der Waals surface area contributed by atoms with Gasteiger partial charge in [0.25, 0.3) is 5.91 Å². The summed E-state index contributed by atoms with van der Waals surface area (Å²) in [7, 11) is 0. The molecule has 0 aliphatic heterocycles. The van der Waals surface area contributed by atoms with E-state index < -0.39 is 0 Å². The Morgan fingerprint density at radius 1 is 0.714 bits per heavy atom. The van der Waals surface area contributed by atoms with E-state index in [-0.39, 0.29) is 17.6 Å². The van der Waals surface area contributed by atoms with E-state index in [1.807, 2.05) is 6.07 Å². The van der Waals surface area contributed by atoms with Crippen molar-refractivity contribution in [3.8, 4) is 0 Å². The van der Waals surface area contributed by atoms with Crippen LogP contribution in [-0.4, -0.2) is 17.6 Å². The molecule has 3 rings (SSSR count). The predicted molar refractivity (Wildman–Crippen MR) is 110 cm³/mol. The predicted octanol–water partition coefficient (Wildman–Crippen LogP) is 4.52. The maximum atomic E-state index is 12.8. The first-order valence-corrected chi connectivity index (χ1v) is 8.98. The lowest BCUT2D eigenvalue weighted by Crippen LogP contribution is -2.17. The molecule has 140 valence electrons. The van der Waals surface area contributed by atoms with Crippen LogP contribution < -0.4 is 10.6 Å². The molecule has 0 saturated heterocycles. The van der Waals surface area contributed by atoms with Crippen molar-refractivity contribution in [1.29, 1.82) is 0 Å². The summed E-state index contributed by atoms with van der Waals surface area (Å²) < 4.78 is 0. The molecule has 0 saturated carbocycles. The molecule has 28 heavy (non-hydrogen) atoms. The molecule has 2 N–H and O–H groups in total. The Kier molecular flexibility index (Phi) is 5.97. The summed E-state index contributed by atoms with van der Waals surface area (Å²) in [5.41, 5.74) is 2.27. The van der Waals surface area contributed by atoms with Crippen molar-refractivity contribution in [1.82, 2.24) is 0 Å². The van der Waals surface area contributed by atoms with E-state index >= 15 is 0 Å². The van der Waals surface area contributed by atoms with Crippen LogP contribution >= 0.6 is 0 Å². The largest absolute Gasteiger partial charge is 0.326 e. The molecule has 3 aromatic carbocycles. The fourth-order valence-electron chi connectivity index (χ4n) is 2.75. The van der Waals surface area contributed by atoms with Crippen LogP contribution in [0.25, 0.3) is 0 Å². The Bertz CT molecular complexity index is 1010. The van der Waals surface area contributed by atoms with Gasteiger partial charge in [-0.25, -0.2) is 0 Å². The maximum Gasteiger partial charge on any atom is 0.256 e. The number of rotatable bonds is 6. The molecule has 0 unspecified atom stereocenters. The topological polar surface area (TPSA) is 75.3 Å². The fraction of sp³-hybridized carbons (Fsp3) is 0.0870. The van der Waals surface area contributed by atoms with Gasteiger partial charge in [-0.15, -0.1) is 0 Å². The highest BCUT2D eigenvalue weighted by atomic mass is 16.2. The minimum absolute atomic E-state index is 0.109. The highest BCUT2D eigenvalue weighted by Crippen LogP contribution is 2.19. The first-order valence-electron chi connectivity index (χ1n) is 8.98. The first-order chi connectivity index (χ1) is 13.6. The van der Waals surface area contributed by atoms with E-state index in [0.717, 1.165) is 0 Å². The van der Waals surface area contributed by atoms with Crippen molar-refractivity contribution in [2.24, 2.45) is 0 Å². The minimum Gasteiger partial charge on any atom is -0.326 e. The maximum absolute atomic E-state index is 12.8. The Morgan fingerprint density at radius 3 is 2.00 bits per heavy atom. The molecular formula is C23H20N2O3. The lowest BCUT2D eigenvalue weighted by molar-refractivity contribution is -0.115. The molecule has 5 nitrogen and oxygen atoms in total. The van der Waals surface area contributed by atoms with E-state index in [0.29, 0.717) is 34.5 Å². The summed E-state index contributed by atoms with van der Waals surface area (Å²) in [4.78, 5) is 37.2. The van der Waals surface area contributed by atoms with Gasteiger partial charge in [0.2, 0.25) is 5.91 Å². The standard InChI is InChI=1S/C23H20N2O3/c1-2-21(26)24-17-11-8-12-18(15-17)25-23(28)20-14-7-6-13-19(20)22(27)16-9-4-3-5-10-16/h3-15H,2H2,1H3,(H,24,26)(H,25,28). The molecule has 0 aliphatic rings. The summed E-state index contributed by atoms with van der Waals surface area (Å²) in [5.74, 6) is -0.712. The third-order valence-corrected chi connectivity index (χ3v) is 4.18. The molecule has 3 aromatic rings. The fourth-order valence-corrected chi connectivity index (χ4v) is 2.75. The second kappa shape index (κ2) is 8.77. The van der Waals surface area contributed by atoms with E-state index in [2.05, 4.69) is 10.6 Å². The smallest absolute Gasteiger partial charge is 0.256 e. The quantitative estimate of drug-likeness (QED) is 0.625. The third kappa shape index (κ3) is 4.51. The Morgan fingerprint density at radius 2 is 1.32 bits per heavy atom. The lowest BCUT2D eigenvalue weighted by atomic mass is 9.98. The van der Waals surface area contributed by atoms with E-state index in [4.69, 9.17) is 0 Å². The second-order valence-electron chi connectivity index (χ2n) is 6.18. The molecule has 0 atom stereocenters. The third-order valence-electron chi connectivity index (χ3n) is 4.18. The first kappa shape index (κ1) is 19.0. The van der Waals surface area contributed by atoms with Crippen molar-refractivity contribution in [2.45, 2.75) is 13.3 Å². The van der Waals surface area contributed by atoms with Crippen molar-refractivity contribution < 1.29 is 14.4 Å². The van der Waals surface area contributed by atoms with Crippen LogP contribution in [0.3, 0.4) is 0 Å². The minimum atomic E-state index is -0.390. The van der Waals surface area contributed by atoms with Gasteiger partial charge < -0.3 is 10.6 Å². The normalized spacial score (nSPS) is 10.2. The molecule has 0 radical (unpaired) electrons.